The predicted molar refractivity (Wildman–Crippen MR) is 262 cm³/mol. The van der Waals surface area contributed by atoms with E-state index in [0.717, 1.165) is 36.7 Å². The number of likely N-dealkylation sites (N-methyl/N-ethyl adjacent to an activating group) is 1. The standard InChI is InChI=1S/C53H108NO3P/c1-6-8-10-12-14-16-18-20-22-24-26-28-30-32-34-36-38-40-42-44-46-48-52(55)58(57-51-50-54(3,4)5)53(56)49-47-45-43-41-39-37-35-33-31-29-27-25-23-21-19-17-15-13-11-9-7-2/h58H,6-51H2,1-5H3. The van der Waals surface area contributed by atoms with E-state index in [1.807, 2.05) is 0 Å². The second-order valence-corrected chi connectivity index (χ2v) is 21.7. The Morgan fingerprint density at radius 3 is 0.707 bits per heavy atom. The number of unbranched alkanes of at least 4 members (excludes halogenated alkanes) is 40. The number of carbonyl (C=O) groups excluding carboxylic acids is 2. The van der Waals surface area contributed by atoms with Gasteiger partial charge in [0.1, 0.15) is 0 Å². The first-order valence-corrected chi connectivity index (χ1v) is 28.1. The van der Waals surface area contributed by atoms with Crippen molar-refractivity contribution in [3.05, 3.63) is 0 Å². The minimum Gasteiger partial charge on any atom is -0.0654 e. The van der Waals surface area contributed by atoms with Gasteiger partial charge in [-0.2, -0.15) is 0 Å². The normalized spacial score (nSPS) is 12.1. The predicted octanol–water partition coefficient (Wildman–Crippen LogP) is 18.1. The van der Waals surface area contributed by atoms with E-state index < -0.39 is 8.15 Å². The molecule has 0 saturated carbocycles. The van der Waals surface area contributed by atoms with Crippen LogP contribution in [0.25, 0.3) is 0 Å². The van der Waals surface area contributed by atoms with E-state index in [0.29, 0.717) is 19.4 Å². The molecule has 348 valence electrons. The first-order valence-electron chi connectivity index (χ1n) is 26.7. The average molecular weight is 838 g/mol. The van der Waals surface area contributed by atoms with E-state index in [1.54, 1.807) is 0 Å². The van der Waals surface area contributed by atoms with Gasteiger partial charge < -0.3 is 0 Å². The summed E-state index contributed by atoms with van der Waals surface area (Å²) in [5, 5.41) is 0. The van der Waals surface area contributed by atoms with Gasteiger partial charge in [0.25, 0.3) is 0 Å². The van der Waals surface area contributed by atoms with Crippen molar-refractivity contribution in [1.29, 1.82) is 0 Å². The van der Waals surface area contributed by atoms with Crippen LogP contribution in [0.1, 0.15) is 296 Å². The Bertz CT molecular complexity index is 784. The van der Waals surface area contributed by atoms with Gasteiger partial charge in [-0.15, -0.1) is 0 Å². The summed E-state index contributed by atoms with van der Waals surface area (Å²) in [6.45, 7) is 5.93. The molecule has 0 aromatic heterocycles. The van der Waals surface area contributed by atoms with Gasteiger partial charge in [-0.3, -0.25) is 0 Å². The summed E-state index contributed by atoms with van der Waals surface area (Å²) < 4.78 is 6.91. The molecule has 0 amide bonds. The van der Waals surface area contributed by atoms with E-state index in [-0.39, 0.29) is 11.0 Å². The molecule has 0 saturated heterocycles. The van der Waals surface area contributed by atoms with Crippen LogP contribution in [0.4, 0.5) is 0 Å². The maximum atomic E-state index is 13.3. The van der Waals surface area contributed by atoms with Crippen LogP contribution >= 0.6 is 8.15 Å². The van der Waals surface area contributed by atoms with Crippen molar-refractivity contribution in [2.45, 2.75) is 296 Å². The van der Waals surface area contributed by atoms with E-state index in [2.05, 4.69) is 35.0 Å². The SMILES string of the molecule is CCCCCCCCCCCCCCCCCCCCCCCC(=O)[PH-](OCC[N+](C)(C)C)C(=O)CCCCCCCCCCCCCCCCCCCCCCC. The second kappa shape index (κ2) is 46.2. The number of carbonyl (C=O) groups is 2. The van der Waals surface area contributed by atoms with Crippen molar-refractivity contribution in [2.24, 2.45) is 0 Å². The molecule has 5 heteroatoms. The minimum atomic E-state index is -2.06. The summed E-state index contributed by atoms with van der Waals surface area (Å²) >= 11 is 0. The quantitative estimate of drug-likeness (QED) is 0.0348. The number of hydrogen-bond acceptors (Lipinski definition) is 3. The van der Waals surface area contributed by atoms with Crippen molar-refractivity contribution in [2.75, 3.05) is 34.3 Å². The van der Waals surface area contributed by atoms with Gasteiger partial charge in [-0.05, 0) is 0 Å². The van der Waals surface area contributed by atoms with E-state index in [9.17, 15) is 9.59 Å². The summed E-state index contributed by atoms with van der Waals surface area (Å²) in [5.74, 6) is 0. The summed E-state index contributed by atoms with van der Waals surface area (Å²) in [7, 11) is 4.35. The first kappa shape index (κ1) is 57.7. The minimum absolute atomic E-state index is 0.123. The zero-order valence-corrected chi connectivity index (χ0v) is 41.7. The third-order valence-electron chi connectivity index (χ3n) is 12.5. The molecule has 0 aromatic rings. The van der Waals surface area contributed by atoms with Gasteiger partial charge in [-0.25, -0.2) is 0 Å². The summed E-state index contributed by atoms with van der Waals surface area (Å²) in [6, 6.07) is 0. The van der Waals surface area contributed by atoms with Crippen LogP contribution in [-0.2, 0) is 14.1 Å². The smallest absolute Gasteiger partial charge is 0.0654 e. The monoisotopic (exact) mass is 838 g/mol. The Morgan fingerprint density at radius 1 is 0.328 bits per heavy atom. The fourth-order valence-corrected chi connectivity index (χ4v) is 10.1. The Kier molecular flexibility index (Phi) is 46.0. The topological polar surface area (TPSA) is 43.4 Å². The fourth-order valence-electron chi connectivity index (χ4n) is 8.40. The molecule has 0 fully saturated rings. The Labute approximate surface area is 367 Å². The Balaban J connectivity index is 3.83. The second-order valence-electron chi connectivity index (χ2n) is 19.7. The maximum absolute atomic E-state index is 13.3. The molecule has 0 atom stereocenters. The summed E-state index contributed by atoms with van der Waals surface area (Å²) in [5.41, 5.74) is 0.246. The van der Waals surface area contributed by atoms with Crippen LogP contribution in [0, 0.1) is 0 Å². The summed E-state index contributed by atoms with van der Waals surface area (Å²) in [4.78, 5) is 26.5. The fraction of sp³-hybridized carbons (Fsp3) is 0.962. The molecule has 58 heavy (non-hydrogen) atoms. The third-order valence-corrected chi connectivity index (χ3v) is 14.5. The van der Waals surface area contributed by atoms with Crippen molar-refractivity contribution in [1.82, 2.24) is 0 Å². The number of nitrogens with zero attached hydrogens (tertiary/aromatic N) is 1. The van der Waals surface area contributed by atoms with Crippen LogP contribution in [0.2, 0.25) is 0 Å². The molecule has 4 nitrogen and oxygen atoms in total. The van der Waals surface area contributed by atoms with Gasteiger partial charge >= 0.3 is 213 Å². The Hall–Kier alpha value is -0.310. The van der Waals surface area contributed by atoms with Gasteiger partial charge in [-0.1, -0.05) is 155 Å². The molecule has 0 rings (SSSR count). The van der Waals surface area contributed by atoms with Crippen molar-refractivity contribution >= 4 is 19.2 Å². The molecular formula is C53H108NO3P. The number of rotatable bonds is 50. The molecular weight excluding hydrogens is 730 g/mol. The molecule has 0 unspecified atom stereocenters. The van der Waals surface area contributed by atoms with Crippen LogP contribution in [0.15, 0.2) is 0 Å². The van der Waals surface area contributed by atoms with E-state index >= 15 is 0 Å². The molecule has 0 N–H and O–H groups in total. The van der Waals surface area contributed by atoms with Crippen molar-refractivity contribution in [3.8, 4) is 0 Å². The molecule has 0 radical (unpaired) electrons. The molecule has 0 aromatic carbocycles. The molecule has 0 heterocycles. The van der Waals surface area contributed by atoms with E-state index in [4.69, 9.17) is 4.52 Å². The molecule has 0 bridgehead atoms. The van der Waals surface area contributed by atoms with Gasteiger partial charge in [0.2, 0.25) is 0 Å². The first-order chi connectivity index (χ1) is 28.3. The van der Waals surface area contributed by atoms with Crippen LogP contribution in [0.3, 0.4) is 0 Å². The van der Waals surface area contributed by atoms with Gasteiger partial charge in [0, 0.05) is 0 Å². The van der Waals surface area contributed by atoms with Crippen molar-refractivity contribution in [3.63, 3.8) is 0 Å². The number of quaternary nitrogens is 1. The van der Waals surface area contributed by atoms with Gasteiger partial charge in [0.05, 0.1) is 0 Å². The molecule has 0 spiro atoms. The van der Waals surface area contributed by atoms with Crippen molar-refractivity contribution < 1.29 is 18.6 Å². The Morgan fingerprint density at radius 2 is 0.517 bits per heavy atom. The van der Waals surface area contributed by atoms with Crippen LogP contribution < -0.4 is 0 Å². The zero-order valence-electron chi connectivity index (χ0n) is 40.7. The molecule has 0 aliphatic carbocycles. The summed E-state index contributed by atoms with van der Waals surface area (Å²) in [6.07, 6.45) is 58.3. The van der Waals surface area contributed by atoms with E-state index in [1.165, 1.54) is 244 Å². The van der Waals surface area contributed by atoms with Gasteiger partial charge in [0.15, 0.2) is 0 Å². The molecule has 0 aliphatic rings. The zero-order chi connectivity index (χ0) is 42.5. The van der Waals surface area contributed by atoms with Crippen LogP contribution in [0.5, 0.6) is 0 Å². The van der Waals surface area contributed by atoms with Crippen LogP contribution in [-0.4, -0.2) is 49.8 Å². The number of hydrogen-bond donors (Lipinski definition) is 0. The average Bonchev–Trinajstić information content (AvgIpc) is 3.20. The molecule has 0 aliphatic heterocycles. The third kappa shape index (κ3) is 45.2.